The number of hydrogen-bond donors (Lipinski definition) is 1. The van der Waals surface area contributed by atoms with Crippen LogP contribution in [0, 0.1) is 18.6 Å². The third-order valence-corrected chi connectivity index (χ3v) is 8.42. The molecule has 1 N–H and O–H groups in total. The normalized spacial score (nSPS) is 29.3. The van der Waals surface area contributed by atoms with Gasteiger partial charge >= 0.3 is 6.18 Å². The van der Waals surface area contributed by atoms with Crippen molar-refractivity contribution in [2.45, 2.75) is 50.2 Å². The van der Waals surface area contributed by atoms with E-state index in [4.69, 9.17) is 20.6 Å². The Hall–Kier alpha value is -4.23. The van der Waals surface area contributed by atoms with E-state index in [1.807, 2.05) is 0 Å². The van der Waals surface area contributed by atoms with E-state index >= 15 is 9.18 Å². The summed E-state index contributed by atoms with van der Waals surface area (Å²) in [6.07, 6.45) is -17.1. The monoisotopic (exact) mass is 775 g/mol. The number of benzene rings is 4. The number of methoxy groups -OCH3 is 1. The van der Waals surface area contributed by atoms with E-state index in [0.29, 0.717) is 30.3 Å². The largest absolute Gasteiger partial charge is 0.416 e. The van der Waals surface area contributed by atoms with Crippen molar-refractivity contribution in [2.24, 2.45) is 0 Å². The van der Waals surface area contributed by atoms with E-state index in [9.17, 15) is 35.0 Å². The third kappa shape index (κ3) is 9.29. The maximum absolute atomic E-state index is 15.9. The highest BCUT2D eigenvalue weighted by atomic mass is 32.2. The van der Waals surface area contributed by atoms with Crippen molar-refractivity contribution >= 4 is 23.4 Å². The number of anilines is 1. The van der Waals surface area contributed by atoms with Crippen molar-refractivity contribution in [3.8, 4) is 11.1 Å². The van der Waals surface area contributed by atoms with Crippen LogP contribution >= 0.6 is 11.8 Å². The number of ether oxygens (including phenoxy) is 1. The first-order chi connectivity index (χ1) is 34.7. The molecule has 1 amide bonds. The number of alkyl halides is 3. The molecule has 0 bridgehead atoms. The third-order valence-electron chi connectivity index (χ3n) is 7.39. The molecule has 53 heavy (non-hydrogen) atoms. The van der Waals surface area contributed by atoms with Gasteiger partial charge in [-0.1, -0.05) is 66.2 Å². The van der Waals surface area contributed by atoms with E-state index in [1.165, 1.54) is 0 Å². The summed E-state index contributed by atoms with van der Waals surface area (Å²) in [6.45, 7) is -26.6. The minimum atomic E-state index is -5.07. The number of aliphatic hydroxyl groups is 1. The van der Waals surface area contributed by atoms with E-state index in [0.717, 1.165) is 43.3 Å². The maximum atomic E-state index is 15.9. The van der Waals surface area contributed by atoms with Crippen LogP contribution in [-0.4, -0.2) is 66.4 Å². The molecule has 2 heterocycles. The van der Waals surface area contributed by atoms with Gasteiger partial charge in [-0.25, -0.2) is 8.78 Å². The number of hydrogen-bond acceptors (Lipinski definition) is 6. The van der Waals surface area contributed by atoms with Crippen molar-refractivity contribution in [3.05, 3.63) is 135 Å². The Balaban J connectivity index is 1.69. The van der Waals surface area contributed by atoms with Crippen molar-refractivity contribution in [1.82, 2.24) is 9.80 Å². The summed E-state index contributed by atoms with van der Waals surface area (Å²) in [6, 6.07) is 0.0950. The van der Waals surface area contributed by atoms with Gasteiger partial charge in [0.1, 0.15) is 12.6 Å². The second kappa shape index (κ2) is 16.8. The molecular formula is C41H42F5N3O3S. The zero-order valence-corrected chi connectivity index (χ0v) is 27.9. The average Bonchev–Trinajstić information content (AvgIpc) is 3.29. The number of nitrogens with zero attached hydrogens (tertiary/aromatic N) is 3. The van der Waals surface area contributed by atoms with Crippen LogP contribution in [0.1, 0.15) is 79.6 Å². The number of rotatable bonds is 12. The van der Waals surface area contributed by atoms with Crippen molar-refractivity contribution in [3.63, 3.8) is 0 Å². The number of carbonyl (C=O) groups excluding carboxylic acids is 1. The van der Waals surface area contributed by atoms with Crippen LogP contribution in [0.5, 0.6) is 0 Å². The second-order valence-corrected chi connectivity index (χ2v) is 11.9. The van der Waals surface area contributed by atoms with Gasteiger partial charge in [-0.3, -0.25) is 4.79 Å². The Kier molecular flexibility index (Phi) is 5.85. The number of halogens is 5. The summed E-state index contributed by atoms with van der Waals surface area (Å²) in [4.78, 5) is 13.7. The summed E-state index contributed by atoms with van der Waals surface area (Å²) in [5.74, 6) is -6.57. The van der Waals surface area contributed by atoms with Crippen LogP contribution in [0.25, 0.3) is 11.1 Å². The number of thioether (sulfide) groups is 1. The van der Waals surface area contributed by atoms with Crippen LogP contribution in [0.15, 0.2) is 95.9 Å². The molecule has 0 aromatic heterocycles. The molecule has 0 radical (unpaired) electrons. The predicted octanol–water partition coefficient (Wildman–Crippen LogP) is 8.73. The molecule has 4 aromatic carbocycles. The summed E-state index contributed by atoms with van der Waals surface area (Å²) in [7, 11) is -3.94. The van der Waals surface area contributed by atoms with Gasteiger partial charge in [-0.2, -0.15) is 13.2 Å². The van der Waals surface area contributed by atoms with Crippen LogP contribution in [-0.2, 0) is 28.0 Å². The standard InChI is InChI=1S/C41H42F5N3O3S/c1-27-6-15-36-34(22-27)37(50)23-39(53-26-31-4-3-5-35(42)40(31)43)49(36)25-38(51)48(33-16-18-47(19-17-33)20-21-52-2)24-28-7-9-29(10-8-28)30-11-13-32(14-12-30)41(44,45)46/h3-15,22-23,33,37,50H,16-21,24-26H2,1-2H3/i2D3,6D,15D,16D2,17D2,18D2,19D2,20D2,21D2,22D,23D,24D2,25D2,33D. The Bertz CT molecular complexity index is 2990. The topological polar surface area (TPSA) is 56.3 Å². The SMILES string of the molecule is [2H]C1=C(SCc2cccc(F)c2F)N(C([2H])([2H])C(=O)N(C([2H])([2H])c2ccc(-c3ccc(C(F)(F)F)cc3)cc2)C2([2H])C([2H])([2H])C([2H])([2H])N(C([2H])([2H])C([2H])([2H])OC([2H])([2H])[2H])C([2H])([2H])C2([2H])[2H])c2c([2H])c([2H])c(C)c([2H])c2C1O. The zero-order chi connectivity index (χ0) is 58.9. The van der Waals surface area contributed by atoms with Crippen LogP contribution in [0.2, 0.25) is 0 Å². The number of fused-ring (bicyclic) bond motifs is 1. The average molecular weight is 776 g/mol. The molecule has 6 rings (SSSR count). The van der Waals surface area contributed by atoms with Gasteiger partial charge in [0, 0.05) is 75.3 Å². The summed E-state index contributed by atoms with van der Waals surface area (Å²) in [5, 5.41) is 10.5. The van der Waals surface area contributed by atoms with E-state index < -0.39 is 167 Å². The molecule has 0 spiro atoms. The highest BCUT2D eigenvalue weighted by molar-refractivity contribution is 8.02. The summed E-state index contributed by atoms with van der Waals surface area (Å²) >= 11 is 0.114. The molecule has 1 unspecified atom stereocenters. The second-order valence-electron chi connectivity index (χ2n) is 10.9. The number of aliphatic hydroxyl groups excluding tert-OH is 1. The Labute approximate surface area is 344 Å². The van der Waals surface area contributed by atoms with Gasteiger partial charge in [0.05, 0.1) is 36.3 Å². The summed E-state index contributed by atoms with van der Waals surface area (Å²) < 4.78 is 287. The fourth-order valence-electron chi connectivity index (χ4n) is 4.85. The Morgan fingerprint density at radius 3 is 2.47 bits per heavy atom. The lowest BCUT2D eigenvalue weighted by atomic mass is 9.99. The Morgan fingerprint density at radius 2 is 1.79 bits per heavy atom. The molecule has 1 fully saturated rings. The number of amides is 1. The van der Waals surface area contributed by atoms with Gasteiger partial charge in [-0.05, 0) is 66.7 Å². The zero-order valence-electron chi connectivity index (χ0n) is 51.0. The lowest BCUT2D eigenvalue weighted by Gasteiger charge is -2.40. The lowest BCUT2D eigenvalue weighted by Crippen LogP contribution is -2.50. The van der Waals surface area contributed by atoms with E-state index in [1.54, 1.807) is 0 Å². The van der Waals surface area contributed by atoms with Gasteiger partial charge in [-0.15, -0.1) is 11.8 Å². The van der Waals surface area contributed by atoms with E-state index in [2.05, 4.69) is 4.74 Å². The smallest absolute Gasteiger partial charge is 0.384 e. The molecule has 1 saturated heterocycles. The molecule has 2 aliphatic heterocycles. The molecule has 0 saturated carbocycles. The maximum Gasteiger partial charge on any atom is 0.416 e. The van der Waals surface area contributed by atoms with Crippen molar-refractivity contribution in [1.29, 1.82) is 0 Å². The number of carbonyl (C=O) groups is 1. The lowest BCUT2D eigenvalue weighted by molar-refractivity contribution is -0.137. The molecule has 0 aliphatic carbocycles. The molecular weight excluding hydrogens is 710 g/mol. The van der Waals surface area contributed by atoms with Crippen molar-refractivity contribution in [2.75, 3.05) is 44.5 Å². The van der Waals surface area contributed by atoms with Gasteiger partial charge in [0.15, 0.2) is 11.6 Å². The molecule has 12 heteroatoms. The van der Waals surface area contributed by atoms with E-state index in [-0.39, 0.29) is 33.4 Å². The molecule has 6 nitrogen and oxygen atoms in total. The number of piperidine rings is 1. The fourth-order valence-corrected chi connectivity index (χ4v) is 5.82. The quantitative estimate of drug-likeness (QED) is 0.146. The minimum Gasteiger partial charge on any atom is -0.384 e. The molecule has 280 valence electrons. The van der Waals surface area contributed by atoms with Crippen LogP contribution in [0.3, 0.4) is 0 Å². The Morgan fingerprint density at radius 1 is 1.09 bits per heavy atom. The first kappa shape index (κ1) is 18.4. The van der Waals surface area contributed by atoms with Crippen LogP contribution in [0.4, 0.5) is 27.6 Å². The van der Waals surface area contributed by atoms with Gasteiger partial charge in [0.2, 0.25) is 5.91 Å². The highest BCUT2D eigenvalue weighted by Gasteiger charge is 2.33. The highest BCUT2D eigenvalue weighted by Crippen LogP contribution is 2.41. The molecule has 4 aromatic rings. The first-order valence-corrected chi connectivity index (χ1v) is 16.1. The molecule has 1 atom stereocenters. The molecule has 2 aliphatic rings. The van der Waals surface area contributed by atoms with Crippen LogP contribution < -0.4 is 4.90 Å². The minimum absolute atomic E-state index is 0.0143. The fraction of sp³-hybridized carbons (Fsp3) is 0.341. The first-order valence-electron chi connectivity index (χ1n) is 27.1. The van der Waals surface area contributed by atoms with Crippen molar-refractivity contribution < 1.29 is 69.5 Å². The van der Waals surface area contributed by atoms with Gasteiger partial charge < -0.3 is 24.5 Å². The predicted molar refractivity (Wildman–Crippen MR) is 198 cm³/mol. The summed E-state index contributed by atoms with van der Waals surface area (Å²) in [5.41, 5.74) is -5.15. The van der Waals surface area contributed by atoms with Gasteiger partial charge in [0.25, 0.3) is 0 Å². The number of likely N-dealkylation sites (tertiary alicyclic amines) is 1.